The Balaban J connectivity index is 1.80. The minimum Gasteiger partial charge on any atom is -0.367 e. The van der Waals surface area contributed by atoms with Crippen LogP contribution in [-0.2, 0) is 20.5 Å². The van der Waals surface area contributed by atoms with Gasteiger partial charge in [0.25, 0.3) is 0 Å². The lowest BCUT2D eigenvalue weighted by Gasteiger charge is -2.27. The average molecular weight is 364 g/mol. The van der Waals surface area contributed by atoms with Crippen molar-refractivity contribution in [1.82, 2.24) is 0 Å². The molecule has 2 unspecified atom stereocenters. The topological polar surface area (TPSA) is 70.4 Å². The molecule has 4 rings (SSSR count). The standard InChI is InChI=1S/C18H15F3N2O3/c1-16-5-6-17(2,26-16)13-12(16)14(24)23(15(13)25)10-4-3-9(8-22)11(7-10)18(19,20)21/h3-4,7,12-13H,5-6H2,1-2H3/t12?,13?,16-,17-/m0/s1. The molecular formula is C18H15F3N2O3. The van der Waals surface area contributed by atoms with Gasteiger partial charge in [-0.2, -0.15) is 18.4 Å². The Kier molecular flexibility index (Phi) is 3.18. The van der Waals surface area contributed by atoms with E-state index in [2.05, 4.69) is 0 Å². The molecule has 5 nitrogen and oxygen atoms in total. The number of amides is 2. The van der Waals surface area contributed by atoms with E-state index < -0.39 is 52.2 Å². The van der Waals surface area contributed by atoms with Crippen LogP contribution >= 0.6 is 0 Å². The Labute approximate surface area is 147 Å². The monoisotopic (exact) mass is 364 g/mol. The zero-order valence-electron chi connectivity index (χ0n) is 14.1. The van der Waals surface area contributed by atoms with Crippen LogP contribution in [0.3, 0.4) is 0 Å². The lowest BCUT2D eigenvalue weighted by atomic mass is 9.69. The van der Waals surface area contributed by atoms with Gasteiger partial charge in [-0.05, 0) is 44.9 Å². The molecule has 0 radical (unpaired) electrons. The van der Waals surface area contributed by atoms with Crippen molar-refractivity contribution in [1.29, 1.82) is 5.26 Å². The molecule has 1 aromatic rings. The van der Waals surface area contributed by atoms with Gasteiger partial charge in [0, 0.05) is 0 Å². The van der Waals surface area contributed by atoms with Gasteiger partial charge in [0.2, 0.25) is 11.8 Å². The predicted molar refractivity (Wildman–Crippen MR) is 82.8 cm³/mol. The maximum Gasteiger partial charge on any atom is 0.417 e. The summed E-state index contributed by atoms with van der Waals surface area (Å²) < 4.78 is 45.6. The quantitative estimate of drug-likeness (QED) is 0.718. The molecule has 3 fully saturated rings. The zero-order valence-corrected chi connectivity index (χ0v) is 14.1. The normalized spacial score (nSPS) is 35.8. The minimum atomic E-state index is -4.76. The summed E-state index contributed by atoms with van der Waals surface area (Å²) in [7, 11) is 0. The molecule has 8 heteroatoms. The van der Waals surface area contributed by atoms with Gasteiger partial charge >= 0.3 is 6.18 Å². The van der Waals surface area contributed by atoms with E-state index in [0.717, 1.165) is 11.0 Å². The molecule has 0 saturated carbocycles. The Bertz CT molecular complexity index is 857. The fraction of sp³-hybridized carbons (Fsp3) is 0.500. The molecule has 0 spiro atoms. The first-order chi connectivity index (χ1) is 12.0. The number of halogens is 3. The fourth-order valence-corrected chi connectivity index (χ4v) is 4.73. The number of carbonyl (C=O) groups is 2. The number of hydrogen-bond acceptors (Lipinski definition) is 4. The van der Waals surface area contributed by atoms with Gasteiger partial charge in [0.05, 0.1) is 45.9 Å². The third-order valence-corrected chi connectivity index (χ3v) is 5.89. The average Bonchev–Trinajstić information content (AvgIpc) is 3.10. The molecule has 3 saturated heterocycles. The number of carbonyl (C=O) groups excluding carboxylic acids is 2. The van der Waals surface area contributed by atoms with Gasteiger partial charge in [-0.1, -0.05) is 0 Å². The number of fused-ring (bicyclic) bond motifs is 5. The number of imide groups is 1. The highest BCUT2D eigenvalue weighted by molar-refractivity contribution is 6.23. The van der Waals surface area contributed by atoms with Crippen LogP contribution in [0.2, 0.25) is 0 Å². The Morgan fingerprint density at radius 1 is 1.15 bits per heavy atom. The van der Waals surface area contributed by atoms with E-state index in [0.29, 0.717) is 18.9 Å². The van der Waals surface area contributed by atoms with Crippen LogP contribution in [0.1, 0.15) is 37.8 Å². The molecule has 3 aliphatic rings. The Morgan fingerprint density at radius 2 is 1.69 bits per heavy atom. The van der Waals surface area contributed by atoms with Crippen molar-refractivity contribution in [2.24, 2.45) is 11.8 Å². The van der Waals surface area contributed by atoms with Crippen LogP contribution in [0.15, 0.2) is 18.2 Å². The van der Waals surface area contributed by atoms with Crippen LogP contribution in [0.25, 0.3) is 0 Å². The molecule has 3 aliphatic heterocycles. The third kappa shape index (κ3) is 2.01. The molecule has 0 N–H and O–H groups in total. The largest absolute Gasteiger partial charge is 0.417 e. The molecule has 4 atom stereocenters. The van der Waals surface area contributed by atoms with Crippen LogP contribution in [0.4, 0.5) is 18.9 Å². The highest BCUT2D eigenvalue weighted by atomic mass is 19.4. The van der Waals surface area contributed by atoms with Gasteiger partial charge in [0.15, 0.2) is 0 Å². The summed E-state index contributed by atoms with van der Waals surface area (Å²) in [5, 5.41) is 8.90. The van der Waals surface area contributed by atoms with Gasteiger partial charge in [-0.15, -0.1) is 0 Å². The number of rotatable bonds is 1. The molecule has 1 aromatic carbocycles. The summed E-state index contributed by atoms with van der Waals surface area (Å²) in [6.45, 7) is 3.55. The maximum absolute atomic E-state index is 13.2. The van der Waals surface area contributed by atoms with E-state index in [1.165, 1.54) is 12.1 Å². The van der Waals surface area contributed by atoms with Gasteiger partial charge in [-0.25, -0.2) is 4.90 Å². The maximum atomic E-state index is 13.2. The molecule has 3 heterocycles. The Hall–Kier alpha value is -2.40. The lowest BCUT2D eigenvalue weighted by molar-refractivity contribution is -0.138. The molecule has 0 aromatic heterocycles. The number of nitriles is 1. The first kappa shape index (κ1) is 17.0. The van der Waals surface area contributed by atoms with Crippen molar-refractivity contribution in [2.75, 3.05) is 4.90 Å². The smallest absolute Gasteiger partial charge is 0.367 e. The van der Waals surface area contributed by atoms with Gasteiger partial charge in [0.1, 0.15) is 0 Å². The number of nitrogens with zero attached hydrogens (tertiary/aromatic N) is 2. The van der Waals surface area contributed by atoms with Gasteiger partial charge < -0.3 is 4.74 Å². The highest BCUT2D eigenvalue weighted by Crippen LogP contribution is 2.61. The number of ether oxygens (including phenoxy) is 1. The SMILES string of the molecule is C[C@@]12CC[C@](C)(O1)C1C(=O)N(c3ccc(C#N)c(C(F)(F)F)c3)C(=O)C12. The number of benzene rings is 1. The Morgan fingerprint density at radius 3 is 2.15 bits per heavy atom. The summed E-state index contributed by atoms with van der Waals surface area (Å²) in [6, 6.07) is 4.38. The lowest BCUT2D eigenvalue weighted by Crippen LogP contribution is -2.40. The van der Waals surface area contributed by atoms with E-state index in [1.807, 2.05) is 0 Å². The molecule has 26 heavy (non-hydrogen) atoms. The number of alkyl halides is 3. The van der Waals surface area contributed by atoms with E-state index >= 15 is 0 Å². The second-order valence-corrected chi connectivity index (χ2v) is 7.53. The van der Waals surface area contributed by atoms with Crippen molar-refractivity contribution in [3.63, 3.8) is 0 Å². The second kappa shape index (κ2) is 4.86. The fourth-order valence-electron chi connectivity index (χ4n) is 4.73. The second-order valence-electron chi connectivity index (χ2n) is 7.53. The number of hydrogen-bond donors (Lipinski definition) is 0. The van der Waals surface area contributed by atoms with Crippen molar-refractivity contribution in [3.05, 3.63) is 29.3 Å². The minimum absolute atomic E-state index is 0.160. The van der Waals surface area contributed by atoms with Crippen LogP contribution < -0.4 is 4.90 Å². The van der Waals surface area contributed by atoms with Crippen molar-refractivity contribution < 1.29 is 27.5 Å². The predicted octanol–water partition coefficient (Wildman–Crippen LogP) is 3.02. The van der Waals surface area contributed by atoms with E-state index in [1.54, 1.807) is 13.8 Å². The van der Waals surface area contributed by atoms with Crippen molar-refractivity contribution in [2.45, 2.75) is 44.1 Å². The molecule has 2 amide bonds. The summed E-state index contributed by atoms with van der Waals surface area (Å²) in [6.07, 6.45) is -3.51. The summed E-state index contributed by atoms with van der Waals surface area (Å²) in [5.74, 6) is -2.47. The summed E-state index contributed by atoms with van der Waals surface area (Å²) in [5.41, 5.74) is -3.43. The van der Waals surface area contributed by atoms with Crippen molar-refractivity contribution >= 4 is 17.5 Å². The summed E-state index contributed by atoms with van der Waals surface area (Å²) >= 11 is 0. The van der Waals surface area contributed by atoms with E-state index in [4.69, 9.17) is 10.00 Å². The van der Waals surface area contributed by atoms with Crippen LogP contribution in [0.5, 0.6) is 0 Å². The molecular weight excluding hydrogens is 349 g/mol. The van der Waals surface area contributed by atoms with Crippen LogP contribution in [-0.4, -0.2) is 23.0 Å². The molecule has 2 bridgehead atoms. The first-order valence-electron chi connectivity index (χ1n) is 8.21. The van der Waals surface area contributed by atoms with Crippen molar-refractivity contribution in [3.8, 4) is 6.07 Å². The highest BCUT2D eigenvalue weighted by Gasteiger charge is 2.72. The van der Waals surface area contributed by atoms with E-state index in [9.17, 15) is 22.8 Å². The summed E-state index contributed by atoms with van der Waals surface area (Å²) in [4.78, 5) is 26.7. The molecule has 0 aliphatic carbocycles. The van der Waals surface area contributed by atoms with E-state index in [-0.39, 0.29) is 5.69 Å². The van der Waals surface area contributed by atoms with Crippen LogP contribution in [0, 0.1) is 23.2 Å². The zero-order chi connectivity index (χ0) is 19.1. The number of anilines is 1. The third-order valence-electron chi connectivity index (χ3n) is 5.89. The molecule has 136 valence electrons. The van der Waals surface area contributed by atoms with Gasteiger partial charge in [-0.3, -0.25) is 9.59 Å². The first-order valence-corrected chi connectivity index (χ1v) is 8.21.